The predicted molar refractivity (Wildman–Crippen MR) is 133 cm³/mol. The Hall–Kier alpha value is -2.72. The summed E-state index contributed by atoms with van der Waals surface area (Å²) in [6.07, 6.45) is 1.07. The van der Waals surface area contributed by atoms with Crippen molar-refractivity contribution in [2.75, 3.05) is 34.3 Å². The second kappa shape index (κ2) is 11.1. The Balaban J connectivity index is 1.83. The molecule has 0 saturated carbocycles. The summed E-state index contributed by atoms with van der Waals surface area (Å²) in [6.45, 7) is 0.501. The topological polar surface area (TPSA) is 84.0 Å². The van der Waals surface area contributed by atoms with Crippen molar-refractivity contribution < 1.29 is 21.6 Å². The highest BCUT2D eigenvalue weighted by Crippen LogP contribution is 2.30. The van der Waals surface area contributed by atoms with Crippen LogP contribution < -0.4 is 4.74 Å². The fourth-order valence-corrected chi connectivity index (χ4v) is 6.09. The average Bonchev–Trinajstić information content (AvgIpc) is 2.86. The first-order valence-electron chi connectivity index (χ1n) is 10.8. The number of hydrogen-bond donors (Lipinski definition) is 0. The molecular weight excluding hydrogens is 472 g/mol. The molecule has 182 valence electrons. The van der Waals surface area contributed by atoms with Crippen molar-refractivity contribution in [2.45, 2.75) is 22.6 Å². The third kappa shape index (κ3) is 6.04. The maximum Gasteiger partial charge on any atom is 0.246 e. The average molecular weight is 503 g/mol. The van der Waals surface area contributed by atoms with Gasteiger partial charge in [0.25, 0.3) is 0 Å². The van der Waals surface area contributed by atoms with Gasteiger partial charge in [-0.15, -0.1) is 0 Å². The zero-order valence-corrected chi connectivity index (χ0v) is 21.2. The van der Waals surface area contributed by atoms with Crippen LogP contribution in [0.1, 0.15) is 11.1 Å². The Bertz CT molecular complexity index is 1300. The molecule has 3 aromatic carbocycles. The minimum absolute atomic E-state index is 0.0949. The molecule has 0 heterocycles. The first kappa shape index (κ1) is 25.9. The van der Waals surface area contributed by atoms with Crippen LogP contribution in [0.3, 0.4) is 0 Å². The molecule has 0 N–H and O–H groups in total. The first-order chi connectivity index (χ1) is 16.2. The Kier molecular flexibility index (Phi) is 8.48. The summed E-state index contributed by atoms with van der Waals surface area (Å²) in [5, 5.41) is 0. The number of rotatable bonds is 11. The van der Waals surface area contributed by atoms with Gasteiger partial charge in [-0.2, -0.15) is 0 Å². The monoisotopic (exact) mass is 502 g/mol. The third-order valence-electron chi connectivity index (χ3n) is 5.65. The van der Waals surface area contributed by atoms with Crippen molar-refractivity contribution >= 4 is 20.0 Å². The van der Waals surface area contributed by atoms with Gasteiger partial charge in [0.2, 0.25) is 20.0 Å². The van der Waals surface area contributed by atoms with E-state index in [9.17, 15) is 16.8 Å². The van der Waals surface area contributed by atoms with E-state index in [1.165, 1.54) is 48.0 Å². The second-order valence-corrected chi connectivity index (χ2v) is 12.0. The summed E-state index contributed by atoms with van der Waals surface area (Å²) in [6, 6.07) is 23.1. The van der Waals surface area contributed by atoms with E-state index in [0.717, 1.165) is 11.1 Å². The van der Waals surface area contributed by atoms with Crippen LogP contribution in [-0.4, -0.2) is 59.7 Å². The fourth-order valence-electron chi connectivity index (χ4n) is 3.47. The van der Waals surface area contributed by atoms with Crippen molar-refractivity contribution in [3.8, 4) is 5.75 Å². The van der Waals surface area contributed by atoms with Crippen molar-refractivity contribution in [3.05, 3.63) is 90.0 Å². The molecule has 0 radical (unpaired) electrons. The minimum Gasteiger partial charge on any atom is -0.495 e. The van der Waals surface area contributed by atoms with Crippen molar-refractivity contribution in [2.24, 2.45) is 0 Å². The van der Waals surface area contributed by atoms with Gasteiger partial charge in [0.15, 0.2) is 0 Å². The van der Waals surface area contributed by atoms with Crippen LogP contribution in [0.4, 0.5) is 0 Å². The number of benzene rings is 3. The summed E-state index contributed by atoms with van der Waals surface area (Å²) in [7, 11) is -3.57. The number of methoxy groups -OCH3 is 1. The Morgan fingerprint density at radius 2 is 1.15 bits per heavy atom. The lowest BCUT2D eigenvalue weighted by Gasteiger charge is -2.21. The van der Waals surface area contributed by atoms with Crippen molar-refractivity contribution in [1.29, 1.82) is 0 Å². The van der Waals surface area contributed by atoms with E-state index < -0.39 is 20.0 Å². The fraction of sp³-hybridized carbons (Fsp3) is 0.280. The molecule has 0 aliphatic carbocycles. The lowest BCUT2D eigenvalue weighted by atomic mass is 10.2. The van der Waals surface area contributed by atoms with E-state index in [2.05, 4.69) is 0 Å². The maximum absolute atomic E-state index is 13.3. The Labute approximate surface area is 202 Å². The van der Waals surface area contributed by atoms with E-state index in [1.807, 2.05) is 60.7 Å². The molecule has 0 aliphatic heterocycles. The standard InChI is InChI=1S/C25H30N2O5S2/c1-26(18-16-21-10-6-4-7-11-21)33(28,29)23-14-15-24(32-3)25(20-23)34(30,31)27(2)19-17-22-12-8-5-9-13-22/h4-15,20H,16-19H2,1-3H3. The van der Waals surface area contributed by atoms with Gasteiger partial charge in [-0.1, -0.05) is 60.7 Å². The van der Waals surface area contributed by atoms with Crippen LogP contribution in [0.5, 0.6) is 5.75 Å². The van der Waals surface area contributed by atoms with E-state index in [4.69, 9.17) is 4.74 Å². The van der Waals surface area contributed by atoms with E-state index in [0.29, 0.717) is 12.8 Å². The van der Waals surface area contributed by atoms with Gasteiger partial charge < -0.3 is 4.74 Å². The maximum atomic E-state index is 13.3. The second-order valence-electron chi connectivity index (χ2n) is 7.94. The van der Waals surface area contributed by atoms with Crippen LogP contribution >= 0.6 is 0 Å². The minimum atomic E-state index is -3.99. The van der Waals surface area contributed by atoms with Gasteiger partial charge in [-0.3, -0.25) is 0 Å². The predicted octanol–water partition coefficient (Wildman–Crippen LogP) is 3.42. The van der Waals surface area contributed by atoms with E-state index >= 15 is 0 Å². The van der Waals surface area contributed by atoms with Crippen molar-refractivity contribution in [1.82, 2.24) is 8.61 Å². The molecule has 0 unspecified atom stereocenters. The SMILES string of the molecule is COc1ccc(S(=O)(=O)N(C)CCc2ccccc2)cc1S(=O)(=O)N(C)CCc1ccccc1. The quantitative estimate of drug-likeness (QED) is 0.401. The van der Waals surface area contributed by atoms with Crippen LogP contribution in [-0.2, 0) is 32.9 Å². The molecule has 0 aromatic heterocycles. The summed E-state index contributed by atoms with van der Waals surface area (Å²) >= 11 is 0. The molecule has 0 amide bonds. The summed E-state index contributed by atoms with van der Waals surface area (Å²) in [5.41, 5.74) is 2.02. The van der Waals surface area contributed by atoms with Crippen LogP contribution in [0.2, 0.25) is 0 Å². The van der Waals surface area contributed by atoms with E-state index in [-0.39, 0.29) is 28.6 Å². The van der Waals surface area contributed by atoms with Gasteiger partial charge in [0, 0.05) is 27.2 Å². The molecular formula is C25H30N2O5S2. The molecule has 0 saturated heterocycles. The highest BCUT2D eigenvalue weighted by molar-refractivity contribution is 7.90. The van der Waals surface area contributed by atoms with Crippen LogP contribution in [0, 0.1) is 0 Å². The molecule has 9 heteroatoms. The highest BCUT2D eigenvalue weighted by Gasteiger charge is 2.29. The van der Waals surface area contributed by atoms with Gasteiger partial charge in [0.05, 0.1) is 12.0 Å². The van der Waals surface area contributed by atoms with Gasteiger partial charge >= 0.3 is 0 Å². The molecule has 34 heavy (non-hydrogen) atoms. The smallest absolute Gasteiger partial charge is 0.246 e. The lowest BCUT2D eigenvalue weighted by molar-refractivity contribution is 0.397. The summed E-state index contributed by atoms with van der Waals surface area (Å²) in [4.78, 5) is -0.276. The van der Waals surface area contributed by atoms with Crippen molar-refractivity contribution in [3.63, 3.8) is 0 Å². The molecule has 0 fully saturated rings. The molecule has 0 aliphatic rings. The molecule has 0 spiro atoms. The lowest BCUT2D eigenvalue weighted by Crippen LogP contribution is -2.31. The number of sulfonamides is 2. The number of likely N-dealkylation sites (N-methyl/N-ethyl adjacent to an activating group) is 2. The van der Waals surface area contributed by atoms with E-state index in [1.54, 1.807) is 0 Å². The summed E-state index contributed by atoms with van der Waals surface area (Å²) < 4.78 is 60.8. The zero-order chi connectivity index (χ0) is 24.8. The van der Waals surface area contributed by atoms with Crippen LogP contribution in [0.25, 0.3) is 0 Å². The largest absolute Gasteiger partial charge is 0.495 e. The Morgan fingerprint density at radius 3 is 1.62 bits per heavy atom. The molecule has 3 aromatic rings. The van der Waals surface area contributed by atoms with Gasteiger partial charge in [0.1, 0.15) is 10.6 Å². The number of hydrogen-bond acceptors (Lipinski definition) is 5. The number of nitrogens with zero attached hydrogens (tertiary/aromatic N) is 2. The molecule has 0 bridgehead atoms. The first-order valence-corrected chi connectivity index (χ1v) is 13.7. The molecule has 7 nitrogen and oxygen atoms in total. The highest BCUT2D eigenvalue weighted by atomic mass is 32.2. The molecule has 3 rings (SSSR count). The van der Waals surface area contributed by atoms with Gasteiger partial charge in [-0.05, 0) is 42.2 Å². The number of ether oxygens (including phenoxy) is 1. The molecule has 0 atom stereocenters. The summed E-state index contributed by atoms with van der Waals surface area (Å²) in [5.74, 6) is 0.0949. The van der Waals surface area contributed by atoms with Crippen LogP contribution in [0.15, 0.2) is 88.7 Å². The zero-order valence-electron chi connectivity index (χ0n) is 19.6. The normalized spacial score (nSPS) is 12.3. The third-order valence-corrected chi connectivity index (χ3v) is 9.38. The Morgan fingerprint density at radius 1 is 0.676 bits per heavy atom. The van der Waals surface area contributed by atoms with Gasteiger partial charge in [-0.25, -0.2) is 25.4 Å².